The molecule has 0 atom stereocenters. The van der Waals surface area contributed by atoms with Gasteiger partial charge in [0.2, 0.25) is 10.0 Å². The Morgan fingerprint density at radius 3 is 2.38 bits per heavy atom. The van der Waals surface area contributed by atoms with Gasteiger partial charge in [0.1, 0.15) is 4.90 Å². The lowest BCUT2D eigenvalue weighted by molar-refractivity contribution is 0.580. The van der Waals surface area contributed by atoms with Crippen molar-refractivity contribution in [1.82, 2.24) is 14.5 Å². The Morgan fingerprint density at radius 2 is 2.00 bits per heavy atom. The highest BCUT2D eigenvalue weighted by molar-refractivity contribution is 7.89. The quantitative estimate of drug-likeness (QED) is 0.784. The molecule has 0 aliphatic heterocycles. The van der Waals surface area contributed by atoms with Crippen LogP contribution in [-0.4, -0.2) is 31.3 Å². The molecule has 3 N–H and O–H groups in total. The Morgan fingerprint density at radius 1 is 1.44 bits per heavy atom. The molecular formula is C8H17ClN4O2S. The van der Waals surface area contributed by atoms with Gasteiger partial charge in [-0.2, -0.15) is 5.10 Å². The highest BCUT2D eigenvalue weighted by atomic mass is 35.5. The molecule has 1 aromatic rings. The maximum Gasteiger partial charge on any atom is 0.244 e. The normalized spacial score (nSPS) is 11.2. The summed E-state index contributed by atoms with van der Waals surface area (Å²) in [4.78, 5) is 0.249. The number of sulfonamides is 1. The van der Waals surface area contributed by atoms with E-state index >= 15 is 0 Å². The summed E-state index contributed by atoms with van der Waals surface area (Å²) < 4.78 is 27.6. The Bertz CT molecular complexity index is 455. The van der Waals surface area contributed by atoms with Crippen molar-refractivity contribution in [3.8, 4) is 0 Å². The first-order valence-electron chi connectivity index (χ1n) is 4.60. The van der Waals surface area contributed by atoms with Crippen LogP contribution in [0.4, 0.5) is 0 Å². The Labute approximate surface area is 102 Å². The van der Waals surface area contributed by atoms with Crippen LogP contribution in [0.3, 0.4) is 0 Å². The van der Waals surface area contributed by atoms with Crippen molar-refractivity contribution in [1.29, 1.82) is 0 Å². The molecular weight excluding hydrogens is 252 g/mol. The van der Waals surface area contributed by atoms with Crippen LogP contribution in [0, 0.1) is 13.8 Å². The summed E-state index contributed by atoms with van der Waals surface area (Å²) in [6, 6.07) is 0. The topological polar surface area (TPSA) is 90.0 Å². The van der Waals surface area contributed by atoms with Crippen molar-refractivity contribution in [2.24, 2.45) is 12.8 Å². The molecule has 0 aliphatic carbocycles. The van der Waals surface area contributed by atoms with Crippen LogP contribution >= 0.6 is 12.4 Å². The van der Waals surface area contributed by atoms with Gasteiger partial charge in [0.25, 0.3) is 0 Å². The highest BCUT2D eigenvalue weighted by Crippen LogP contribution is 2.17. The van der Waals surface area contributed by atoms with Crippen LogP contribution in [0.15, 0.2) is 4.90 Å². The zero-order chi connectivity index (χ0) is 11.6. The van der Waals surface area contributed by atoms with E-state index < -0.39 is 10.0 Å². The summed E-state index contributed by atoms with van der Waals surface area (Å²) in [6.07, 6.45) is 0. The fourth-order valence-corrected chi connectivity index (χ4v) is 2.89. The number of nitrogens with one attached hydrogen (secondary N) is 1. The van der Waals surface area contributed by atoms with Crippen LogP contribution in [0.25, 0.3) is 0 Å². The van der Waals surface area contributed by atoms with E-state index in [-0.39, 0.29) is 30.4 Å². The van der Waals surface area contributed by atoms with Gasteiger partial charge in [-0.1, -0.05) is 0 Å². The number of rotatable bonds is 4. The number of hydrogen-bond acceptors (Lipinski definition) is 4. The smallest absolute Gasteiger partial charge is 0.244 e. The van der Waals surface area contributed by atoms with E-state index in [1.807, 2.05) is 0 Å². The SMILES string of the molecule is Cc1nn(C)c(C)c1S(=O)(=O)NCCN.Cl. The van der Waals surface area contributed by atoms with Gasteiger partial charge in [-0.3, -0.25) is 4.68 Å². The molecule has 0 aliphatic rings. The molecule has 0 spiro atoms. The molecule has 1 heterocycles. The number of nitrogens with zero attached hydrogens (tertiary/aromatic N) is 2. The molecule has 0 unspecified atom stereocenters. The largest absolute Gasteiger partial charge is 0.329 e. The molecule has 8 heteroatoms. The molecule has 0 radical (unpaired) electrons. The van der Waals surface area contributed by atoms with Gasteiger partial charge in [0.15, 0.2) is 0 Å². The minimum absolute atomic E-state index is 0. The zero-order valence-corrected chi connectivity index (χ0v) is 11.2. The number of nitrogens with two attached hydrogens (primary N) is 1. The number of aryl methyl sites for hydroxylation is 2. The second kappa shape index (κ2) is 5.62. The predicted molar refractivity (Wildman–Crippen MR) is 64.2 cm³/mol. The molecule has 6 nitrogen and oxygen atoms in total. The lowest BCUT2D eigenvalue weighted by Crippen LogP contribution is -2.29. The molecule has 1 aromatic heterocycles. The zero-order valence-electron chi connectivity index (χ0n) is 9.52. The van der Waals surface area contributed by atoms with Gasteiger partial charge in [-0.15, -0.1) is 12.4 Å². The van der Waals surface area contributed by atoms with Crippen LogP contribution in [0.5, 0.6) is 0 Å². The molecule has 0 amide bonds. The van der Waals surface area contributed by atoms with E-state index in [1.54, 1.807) is 25.6 Å². The summed E-state index contributed by atoms with van der Waals surface area (Å²) in [7, 11) is -1.76. The monoisotopic (exact) mass is 268 g/mol. The van der Waals surface area contributed by atoms with E-state index in [9.17, 15) is 8.42 Å². The minimum atomic E-state index is -3.48. The second-order valence-corrected chi connectivity index (χ2v) is 5.01. The Balaban J connectivity index is 0.00000225. The van der Waals surface area contributed by atoms with Crippen molar-refractivity contribution >= 4 is 22.4 Å². The van der Waals surface area contributed by atoms with Crippen LogP contribution < -0.4 is 10.5 Å². The van der Waals surface area contributed by atoms with Gasteiger partial charge >= 0.3 is 0 Å². The molecule has 0 fully saturated rings. The molecule has 0 saturated heterocycles. The first-order chi connectivity index (χ1) is 6.90. The van der Waals surface area contributed by atoms with Crippen molar-refractivity contribution in [2.45, 2.75) is 18.7 Å². The Kier molecular flexibility index (Phi) is 5.40. The van der Waals surface area contributed by atoms with Gasteiger partial charge in [-0.05, 0) is 13.8 Å². The summed E-state index contributed by atoms with van der Waals surface area (Å²) in [5, 5.41) is 4.05. The number of aromatic nitrogens is 2. The van der Waals surface area contributed by atoms with Gasteiger partial charge in [-0.25, -0.2) is 13.1 Å². The van der Waals surface area contributed by atoms with E-state index in [2.05, 4.69) is 9.82 Å². The summed E-state index contributed by atoms with van der Waals surface area (Å²) in [5.74, 6) is 0. The summed E-state index contributed by atoms with van der Waals surface area (Å²) in [5.41, 5.74) is 6.37. The third kappa shape index (κ3) is 2.94. The fourth-order valence-electron chi connectivity index (χ4n) is 1.41. The molecule has 1 rings (SSSR count). The molecule has 94 valence electrons. The lowest BCUT2D eigenvalue weighted by Gasteiger charge is -2.05. The Hall–Kier alpha value is -0.630. The van der Waals surface area contributed by atoms with E-state index in [0.29, 0.717) is 11.4 Å². The van der Waals surface area contributed by atoms with Gasteiger partial charge < -0.3 is 5.73 Å². The van der Waals surface area contributed by atoms with Crippen molar-refractivity contribution < 1.29 is 8.42 Å². The fraction of sp³-hybridized carbons (Fsp3) is 0.625. The van der Waals surface area contributed by atoms with Gasteiger partial charge in [0.05, 0.1) is 11.4 Å². The average Bonchev–Trinajstić information content (AvgIpc) is 2.38. The van der Waals surface area contributed by atoms with E-state index in [1.165, 1.54) is 0 Å². The third-order valence-corrected chi connectivity index (χ3v) is 3.86. The van der Waals surface area contributed by atoms with Gasteiger partial charge in [0, 0.05) is 20.1 Å². The molecule has 0 saturated carbocycles. The van der Waals surface area contributed by atoms with Crippen molar-refractivity contribution in [3.05, 3.63) is 11.4 Å². The van der Waals surface area contributed by atoms with E-state index in [4.69, 9.17) is 5.73 Å². The lowest BCUT2D eigenvalue weighted by atomic mass is 10.4. The third-order valence-electron chi connectivity index (χ3n) is 2.15. The number of halogens is 1. The molecule has 16 heavy (non-hydrogen) atoms. The van der Waals surface area contributed by atoms with E-state index in [0.717, 1.165) is 0 Å². The second-order valence-electron chi connectivity index (χ2n) is 3.31. The maximum atomic E-state index is 11.8. The van der Waals surface area contributed by atoms with Crippen LogP contribution in [0.2, 0.25) is 0 Å². The number of hydrogen-bond donors (Lipinski definition) is 2. The van der Waals surface area contributed by atoms with Crippen LogP contribution in [0.1, 0.15) is 11.4 Å². The summed E-state index contributed by atoms with van der Waals surface area (Å²) >= 11 is 0. The summed E-state index contributed by atoms with van der Waals surface area (Å²) in [6.45, 7) is 3.90. The first kappa shape index (κ1) is 15.4. The minimum Gasteiger partial charge on any atom is -0.329 e. The molecule has 0 bridgehead atoms. The predicted octanol–water partition coefficient (Wildman–Crippen LogP) is -0.304. The average molecular weight is 269 g/mol. The van der Waals surface area contributed by atoms with Crippen molar-refractivity contribution in [3.63, 3.8) is 0 Å². The maximum absolute atomic E-state index is 11.8. The standard InChI is InChI=1S/C8H16N4O2S.ClH/c1-6-8(7(2)12(3)11-6)15(13,14)10-5-4-9;/h10H,4-5,9H2,1-3H3;1H. The molecule has 0 aromatic carbocycles. The van der Waals surface area contributed by atoms with Crippen LogP contribution in [-0.2, 0) is 17.1 Å². The van der Waals surface area contributed by atoms with Crippen molar-refractivity contribution in [2.75, 3.05) is 13.1 Å². The highest BCUT2D eigenvalue weighted by Gasteiger charge is 2.22. The first-order valence-corrected chi connectivity index (χ1v) is 6.08.